The zero-order valence-electron chi connectivity index (χ0n) is 7.42. The molecule has 0 rings (SSSR count). The lowest BCUT2D eigenvalue weighted by Gasteiger charge is -1.99. The molecule has 0 amide bonds. The van der Waals surface area contributed by atoms with Crippen molar-refractivity contribution < 1.29 is 9.57 Å². The molecule has 0 atom stereocenters. The molecule has 0 saturated carbocycles. The van der Waals surface area contributed by atoms with Crippen LogP contribution in [0.2, 0.25) is 0 Å². The molecule has 0 aromatic heterocycles. The second kappa shape index (κ2) is 8.59. The van der Waals surface area contributed by atoms with Crippen LogP contribution in [0.15, 0.2) is 17.3 Å². The van der Waals surface area contributed by atoms with Crippen molar-refractivity contribution in [2.24, 2.45) is 5.16 Å². The first-order valence-electron chi connectivity index (χ1n) is 3.81. The Kier molecular flexibility index (Phi) is 8.22. The third kappa shape index (κ3) is 7.60. The first-order chi connectivity index (χ1) is 5.81. The number of hydrogen-bond donors (Lipinski definition) is 0. The van der Waals surface area contributed by atoms with Crippen LogP contribution in [0.25, 0.3) is 0 Å². The van der Waals surface area contributed by atoms with Crippen molar-refractivity contribution in [3.63, 3.8) is 0 Å². The van der Waals surface area contributed by atoms with Crippen molar-refractivity contribution in [1.82, 2.24) is 0 Å². The average Bonchev–Trinajstić information content (AvgIpc) is 2.05. The number of allylic oxidation sites excluding steroid dienone is 1. The highest BCUT2D eigenvalue weighted by Gasteiger charge is 1.86. The Hall–Kier alpha value is -0.510. The summed E-state index contributed by atoms with van der Waals surface area (Å²) in [4.78, 5) is 4.91. The molecule has 0 aliphatic heterocycles. The number of ether oxygens (including phenoxy) is 1. The highest BCUT2D eigenvalue weighted by atomic mass is 79.9. The maximum absolute atomic E-state index is 5.04. The smallest absolute Gasteiger partial charge is 0.222 e. The van der Waals surface area contributed by atoms with E-state index in [-0.39, 0.29) is 0 Å². The Labute approximate surface area is 81.5 Å². The number of hydrogen-bond acceptors (Lipinski definition) is 3. The molecule has 0 radical (unpaired) electrons. The molecule has 0 saturated heterocycles. The minimum Gasteiger partial charge on any atom is -0.479 e. The van der Waals surface area contributed by atoms with Crippen molar-refractivity contribution in [2.75, 3.05) is 18.5 Å². The van der Waals surface area contributed by atoms with Gasteiger partial charge in [0.15, 0.2) is 0 Å². The van der Waals surface area contributed by atoms with Gasteiger partial charge in [-0.2, -0.15) is 0 Å². The molecule has 0 aliphatic rings. The van der Waals surface area contributed by atoms with Crippen molar-refractivity contribution in [3.05, 3.63) is 12.2 Å². The van der Waals surface area contributed by atoms with Gasteiger partial charge in [-0.25, -0.2) is 0 Å². The fourth-order valence-corrected chi connectivity index (χ4v) is 0.802. The number of alkyl halides is 1. The maximum atomic E-state index is 5.04. The lowest BCUT2D eigenvalue weighted by molar-refractivity contribution is 0.159. The highest BCUT2D eigenvalue weighted by molar-refractivity contribution is 9.09. The summed E-state index contributed by atoms with van der Waals surface area (Å²) in [6, 6.07) is 0. The summed E-state index contributed by atoms with van der Waals surface area (Å²) in [5.74, 6) is 0.560. The Morgan fingerprint density at radius 1 is 1.50 bits per heavy atom. The van der Waals surface area contributed by atoms with Crippen LogP contribution in [0.5, 0.6) is 0 Å². The molecule has 0 aliphatic carbocycles. The van der Waals surface area contributed by atoms with E-state index < -0.39 is 0 Å². The zero-order chi connectivity index (χ0) is 9.23. The largest absolute Gasteiger partial charge is 0.479 e. The van der Waals surface area contributed by atoms with Gasteiger partial charge in [-0.3, -0.25) is 0 Å². The van der Waals surface area contributed by atoms with Crippen LogP contribution in [-0.4, -0.2) is 24.4 Å². The lowest BCUT2D eigenvalue weighted by atomic mass is 10.6. The predicted octanol–water partition coefficient (Wildman–Crippen LogP) is 2.32. The summed E-state index contributed by atoms with van der Waals surface area (Å²) in [7, 11) is 0. The van der Waals surface area contributed by atoms with Crippen LogP contribution in [0, 0.1) is 0 Å². The molecule has 0 unspecified atom stereocenters. The molecule has 0 heterocycles. The Balaban J connectivity index is 3.39. The van der Waals surface area contributed by atoms with Gasteiger partial charge < -0.3 is 9.57 Å². The summed E-state index contributed by atoms with van der Waals surface area (Å²) in [6.07, 6.45) is 3.84. The lowest BCUT2D eigenvalue weighted by Crippen LogP contribution is -1.99. The fourth-order valence-electron chi connectivity index (χ4n) is 0.537. The summed E-state index contributed by atoms with van der Waals surface area (Å²) < 4.78 is 5.04. The minimum atomic E-state index is 0.482. The number of halogens is 1. The molecule has 0 N–H and O–H groups in total. The average molecular weight is 236 g/mol. The molecular formula is C8H14BrNO2. The summed E-state index contributed by atoms with van der Waals surface area (Å²) in [6.45, 7) is 4.77. The normalized spacial score (nSPS) is 12.1. The van der Waals surface area contributed by atoms with Crippen molar-refractivity contribution in [2.45, 2.75) is 13.8 Å². The SMILES string of the molecule is CCO/C(C)=N\OC/C=C\CBr. The predicted molar refractivity (Wildman–Crippen MR) is 53.6 cm³/mol. The molecule has 4 heteroatoms. The second-order valence-corrected chi connectivity index (χ2v) is 2.61. The molecule has 0 spiro atoms. The van der Waals surface area contributed by atoms with Gasteiger partial charge in [0, 0.05) is 12.3 Å². The highest BCUT2D eigenvalue weighted by Crippen LogP contribution is 1.86. The maximum Gasteiger partial charge on any atom is 0.222 e. The summed E-state index contributed by atoms with van der Waals surface area (Å²) >= 11 is 3.25. The van der Waals surface area contributed by atoms with Crippen molar-refractivity contribution in [1.29, 1.82) is 0 Å². The topological polar surface area (TPSA) is 30.8 Å². The Morgan fingerprint density at radius 2 is 2.25 bits per heavy atom. The number of oxime groups is 1. The van der Waals surface area contributed by atoms with E-state index in [1.807, 2.05) is 19.1 Å². The van der Waals surface area contributed by atoms with E-state index in [0.717, 1.165) is 5.33 Å². The van der Waals surface area contributed by atoms with Gasteiger partial charge in [-0.1, -0.05) is 27.2 Å². The van der Waals surface area contributed by atoms with Crippen LogP contribution < -0.4 is 0 Å². The molecule has 3 nitrogen and oxygen atoms in total. The molecular weight excluding hydrogens is 222 g/mol. The monoisotopic (exact) mass is 235 g/mol. The van der Waals surface area contributed by atoms with Crippen LogP contribution in [0.4, 0.5) is 0 Å². The van der Waals surface area contributed by atoms with E-state index in [0.29, 0.717) is 19.1 Å². The van der Waals surface area contributed by atoms with E-state index in [9.17, 15) is 0 Å². The van der Waals surface area contributed by atoms with Crippen LogP contribution in [0.3, 0.4) is 0 Å². The number of rotatable bonds is 5. The molecule has 0 bridgehead atoms. The fraction of sp³-hybridized carbons (Fsp3) is 0.625. The third-order valence-corrected chi connectivity index (χ3v) is 1.35. The van der Waals surface area contributed by atoms with Crippen LogP contribution in [0.1, 0.15) is 13.8 Å². The van der Waals surface area contributed by atoms with E-state index in [4.69, 9.17) is 9.57 Å². The molecule has 0 aromatic rings. The molecule has 70 valence electrons. The van der Waals surface area contributed by atoms with Crippen LogP contribution in [-0.2, 0) is 9.57 Å². The second-order valence-electron chi connectivity index (χ2n) is 1.96. The zero-order valence-corrected chi connectivity index (χ0v) is 9.00. The number of nitrogens with zero attached hydrogens (tertiary/aromatic N) is 1. The van der Waals surface area contributed by atoms with Gasteiger partial charge in [0.25, 0.3) is 0 Å². The van der Waals surface area contributed by atoms with Gasteiger partial charge in [-0.15, -0.1) is 0 Å². The Morgan fingerprint density at radius 3 is 2.83 bits per heavy atom. The van der Waals surface area contributed by atoms with Crippen molar-refractivity contribution in [3.8, 4) is 0 Å². The summed E-state index contributed by atoms with van der Waals surface area (Å²) in [5, 5.41) is 4.55. The van der Waals surface area contributed by atoms with Gasteiger partial charge >= 0.3 is 0 Å². The van der Waals surface area contributed by atoms with Gasteiger partial charge in [0.1, 0.15) is 6.61 Å². The Bertz CT molecular complexity index is 157. The van der Waals surface area contributed by atoms with Gasteiger partial charge in [0.05, 0.1) is 6.61 Å². The third-order valence-electron chi connectivity index (χ3n) is 0.973. The first kappa shape index (κ1) is 11.5. The van der Waals surface area contributed by atoms with Gasteiger partial charge in [0.2, 0.25) is 5.90 Å². The van der Waals surface area contributed by atoms with E-state index in [1.165, 1.54) is 0 Å². The summed E-state index contributed by atoms with van der Waals surface area (Å²) in [5.41, 5.74) is 0. The standard InChI is InChI=1S/C8H14BrNO2/c1-3-11-8(2)10-12-7-5-4-6-9/h4-5H,3,6-7H2,1-2H3/b5-4-,10-8-. The van der Waals surface area contributed by atoms with Gasteiger partial charge in [-0.05, 0) is 13.0 Å². The molecule has 0 fully saturated rings. The van der Waals surface area contributed by atoms with E-state index in [1.54, 1.807) is 6.92 Å². The first-order valence-corrected chi connectivity index (χ1v) is 4.93. The minimum absolute atomic E-state index is 0.482. The van der Waals surface area contributed by atoms with E-state index in [2.05, 4.69) is 21.1 Å². The van der Waals surface area contributed by atoms with E-state index >= 15 is 0 Å². The molecule has 12 heavy (non-hydrogen) atoms. The van der Waals surface area contributed by atoms with Crippen molar-refractivity contribution >= 4 is 21.8 Å². The molecule has 0 aromatic carbocycles. The quantitative estimate of drug-likeness (QED) is 0.183. The van der Waals surface area contributed by atoms with Crippen LogP contribution >= 0.6 is 15.9 Å².